The average Bonchev–Trinajstić information content (AvgIpc) is 2.91. The van der Waals surface area contributed by atoms with E-state index in [1.807, 2.05) is 12.3 Å². The summed E-state index contributed by atoms with van der Waals surface area (Å²) in [6.07, 6.45) is 0. The van der Waals surface area contributed by atoms with Crippen LogP contribution < -0.4 is 10.1 Å². The van der Waals surface area contributed by atoms with E-state index >= 15 is 0 Å². The number of aromatic nitrogens is 1. The molecule has 1 amide bonds. The molecule has 1 aromatic heterocycles. The number of nitrogens with one attached hydrogen (secondary N) is 1. The molecule has 0 fully saturated rings. The lowest BCUT2D eigenvalue weighted by Crippen LogP contribution is -2.38. The van der Waals surface area contributed by atoms with E-state index in [0.717, 1.165) is 10.7 Å². The fourth-order valence-corrected chi connectivity index (χ4v) is 2.30. The normalized spacial score (nSPS) is 11.7. The quantitative estimate of drug-likeness (QED) is 0.852. The first-order valence-corrected chi connectivity index (χ1v) is 7.51. The third kappa shape index (κ3) is 4.29. The highest BCUT2D eigenvalue weighted by Crippen LogP contribution is 2.16. The summed E-state index contributed by atoms with van der Waals surface area (Å²) < 4.78 is 5.60. The molecule has 7 heteroatoms. The standard InChI is InChI=1S/C15H16N2O4S/c1-9(15(19)20)16-14(18)11-4-3-5-13(6-11)21-7-12-8-22-10(2)17-12/h3-6,8-9H,7H2,1-2H3,(H,16,18)(H,19,20). The molecule has 0 aliphatic heterocycles. The Morgan fingerprint density at radius 3 is 2.86 bits per heavy atom. The number of benzene rings is 1. The number of nitrogens with zero attached hydrogens (tertiary/aromatic N) is 1. The van der Waals surface area contributed by atoms with Crippen molar-refractivity contribution in [3.63, 3.8) is 0 Å². The number of thiazole rings is 1. The van der Waals surface area contributed by atoms with Gasteiger partial charge in [-0.15, -0.1) is 11.3 Å². The van der Waals surface area contributed by atoms with Crippen molar-refractivity contribution in [3.8, 4) is 5.75 Å². The zero-order valence-corrected chi connectivity index (χ0v) is 13.0. The van der Waals surface area contributed by atoms with Gasteiger partial charge in [0.1, 0.15) is 18.4 Å². The van der Waals surface area contributed by atoms with Crippen LogP contribution in [-0.4, -0.2) is 28.0 Å². The van der Waals surface area contributed by atoms with Gasteiger partial charge >= 0.3 is 5.97 Å². The van der Waals surface area contributed by atoms with Crippen molar-refractivity contribution in [1.82, 2.24) is 10.3 Å². The number of rotatable bonds is 6. The molecule has 2 N–H and O–H groups in total. The Labute approximate surface area is 131 Å². The highest BCUT2D eigenvalue weighted by Gasteiger charge is 2.15. The molecule has 22 heavy (non-hydrogen) atoms. The predicted molar refractivity (Wildman–Crippen MR) is 82.2 cm³/mol. The fraction of sp³-hybridized carbons (Fsp3) is 0.267. The van der Waals surface area contributed by atoms with Gasteiger partial charge in [0.15, 0.2) is 0 Å². The molecule has 6 nitrogen and oxygen atoms in total. The highest BCUT2D eigenvalue weighted by atomic mass is 32.1. The largest absolute Gasteiger partial charge is 0.487 e. The molecule has 0 spiro atoms. The molecular formula is C15H16N2O4S. The Hall–Kier alpha value is -2.41. The monoisotopic (exact) mass is 320 g/mol. The summed E-state index contributed by atoms with van der Waals surface area (Å²) in [6, 6.07) is 5.64. The second-order valence-electron chi connectivity index (χ2n) is 4.71. The van der Waals surface area contributed by atoms with Gasteiger partial charge in [-0.05, 0) is 32.0 Å². The number of ether oxygens (including phenoxy) is 1. The number of carboxylic acid groups (broad SMARTS) is 1. The molecule has 1 heterocycles. The van der Waals surface area contributed by atoms with Crippen LogP contribution in [0.3, 0.4) is 0 Å². The SMILES string of the molecule is Cc1nc(COc2cccc(C(=O)NC(C)C(=O)O)c2)cs1. The van der Waals surface area contributed by atoms with Crippen molar-refractivity contribution in [2.45, 2.75) is 26.5 Å². The Balaban J connectivity index is 2.00. The third-order valence-electron chi connectivity index (χ3n) is 2.87. The van der Waals surface area contributed by atoms with E-state index in [4.69, 9.17) is 9.84 Å². The minimum absolute atomic E-state index is 0.320. The molecule has 0 aliphatic carbocycles. The van der Waals surface area contributed by atoms with Crippen molar-refractivity contribution in [2.24, 2.45) is 0 Å². The van der Waals surface area contributed by atoms with Gasteiger partial charge in [0.2, 0.25) is 0 Å². The van der Waals surface area contributed by atoms with E-state index in [1.54, 1.807) is 35.6 Å². The number of carbonyl (C=O) groups excluding carboxylic acids is 1. The summed E-state index contributed by atoms with van der Waals surface area (Å²) in [5, 5.41) is 14.1. The van der Waals surface area contributed by atoms with Gasteiger partial charge in [-0.1, -0.05) is 6.07 Å². The molecular weight excluding hydrogens is 304 g/mol. The summed E-state index contributed by atoms with van der Waals surface area (Å²) in [6.45, 7) is 3.65. The predicted octanol–water partition coefficient (Wildman–Crippen LogP) is 2.23. The van der Waals surface area contributed by atoms with Gasteiger partial charge in [-0.3, -0.25) is 9.59 Å². The van der Waals surface area contributed by atoms with E-state index in [0.29, 0.717) is 17.9 Å². The Morgan fingerprint density at radius 1 is 1.45 bits per heavy atom. The molecule has 0 radical (unpaired) electrons. The van der Waals surface area contributed by atoms with Crippen LogP contribution in [0.5, 0.6) is 5.75 Å². The maximum atomic E-state index is 11.9. The molecule has 1 unspecified atom stereocenters. The van der Waals surface area contributed by atoms with Gasteiger partial charge < -0.3 is 15.2 Å². The first kappa shape index (κ1) is 16.0. The van der Waals surface area contributed by atoms with Crippen molar-refractivity contribution in [2.75, 3.05) is 0 Å². The summed E-state index contributed by atoms with van der Waals surface area (Å²) in [5.41, 5.74) is 1.18. The number of aliphatic carboxylic acids is 1. The van der Waals surface area contributed by atoms with Crippen LogP contribution in [0.2, 0.25) is 0 Å². The lowest BCUT2D eigenvalue weighted by Gasteiger charge is -2.10. The van der Waals surface area contributed by atoms with Crippen LogP contribution in [0.4, 0.5) is 0 Å². The highest BCUT2D eigenvalue weighted by molar-refractivity contribution is 7.09. The first-order valence-electron chi connectivity index (χ1n) is 6.63. The van der Waals surface area contributed by atoms with E-state index in [1.165, 1.54) is 6.92 Å². The third-order valence-corrected chi connectivity index (χ3v) is 3.69. The molecule has 1 aromatic carbocycles. The number of carbonyl (C=O) groups is 2. The lowest BCUT2D eigenvalue weighted by atomic mass is 10.2. The van der Waals surface area contributed by atoms with E-state index in [9.17, 15) is 9.59 Å². The number of carboxylic acids is 1. The van der Waals surface area contributed by atoms with Crippen LogP contribution in [0, 0.1) is 6.92 Å². The topological polar surface area (TPSA) is 88.5 Å². The Morgan fingerprint density at radius 2 is 2.23 bits per heavy atom. The van der Waals surface area contributed by atoms with Crippen LogP contribution in [0.1, 0.15) is 28.0 Å². The van der Waals surface area contributed by atoms with Crippen LogP contribution in [-0.2, 0) is 11.4 Å². The van der Waals surface area contributed by atoms with E-state index in [2.05, 4.69) is 10.3 Å². The molecule has 116 valence electrons. The summed E-state index contributed by atoms with van der Waals surface area (Å²) in [7, 11) is 0. The molecule has 0 saturated heterocycles. The number of amides is 1. The van der Waals surface area contributed by atoms with Crippen molar-refractivity contribution in [3.05, 3.63) is 45.9 Å². The maximum Gasteiger partial charge on any atom is 0.325 e. The molecule has 2 rings (SSSR count). The zero-order valence-electron chi connectivity index (χ0n) is 12.2. The second-order valence-corrected chi connectivity index (χ2v) is 5.77. The zero-order chi connectivity index (χ0) is 16.1. The van der Waals surface area contributed by atoms with Gasteiger partial charge in [0.25, 0.3) is 5.91 Å². The number of hydrogen-bond donors (Lipinski definition) is 2. The molecule has 0 bridgehead atoms. The molecule has 0 aliphatic rings. The molecule has 0 saturated carbocycles. The van der Waals surface area contributed by atoms with Crippen molar-refractivity contribution in [1.29, 1.82) is 0 Å². The van der Waals surface area contributed by atoms with Crippen LogP contribution in [0.15, 0.2) is 29.6 Å². The van der Waals surface area contributed by atoms with E-state index in [-0.39, 0.29) is 0 Å². The van der Waals surface area contributed by atoms with Gasteiger partial charge in [0.05, 0.1) is 10.7 Å². The number of hydrogen-bond acceptors (Lipinski definition) is 5. The maximum absolute atomic E-state index is 11.9. The minimum Gasteiger partial charge on any atom is -0.487 e. The summed E-state index contributed by atoms with van der Waals surface area (Å²) in [4.78, 5) is 27.0. The molecule has 2 aromatic rings. The Bertz CT molecular complexity index is 684. The van der Waals surface area contributed by atoms with Gasteiger partial charge in [0, 0.05) is 10.9 Å². The summed E-state index contributed by atoms with van der Waals surface area (Å²) >= 11 is 1.55. The molecule has 1 atom stereocenters. The second kappa shape index (κ2) is 7.04. The first-order chi connectivity index (χ1) is 10.5. The van der Waals surface area contributed by atoms with E-state index < -0.39 is 17.9 Å². The average molecular weight is 320 g/mol. The smallest absolute Gasteiger partial charge is 0.325 e. The summed E-state index contributed by atoms with van der Waals surface area (Å²) in [5.74, 6) is -1.01. The number of aryl methyl sites for hydroxylation is 1. The van der Waals surface area contributed by atoms with Gasteiger partial charge in [-0.25, -0.2) is 4.98 Å². The van der Waals surface area contributed by atoms with Crippen LogP contribution >= 0.6 is 11.3 Å². The Kier molecular flexibility index (Phi) is 5.11. The van der Waals surface area contributed by atoms with Crippen molar-refractivity contribution >= 4 is 23.2 Å². The van der Waals surface area contributed by atoms with Gasteiger partial charge in [-0.2, -0.15) is 0 Å². The fourth-order valence-electron chi connectivity index (χ4n) is 1.70. The van der Waals surface area contributed by atoms with Crippen molar-refractivity contribution < 1.29 is 19.4 Å². The lowest BCUT2D eigenvalue weighted by molar-refractivity contribution is -0.138. The minimum atomic E-state index is -1.08. The van der Waals surface area contributed by atoms with Crippen LogP contribution in [0.25, 0.3) is 0 Å².